The van der Waals surface area contributed by atoms with E-state index in [1.165, 1.54) is 30.1 Å². The van der Waals surface area contributed by atoms with Crippen molar-refractivity contribution in [1.29, 1.82) is 0 Å². The zero-order chi connectivity index (χ0) is 15.5. The Bertz CT molecular complexity index is 758. The van der Waals surface area contributed by atoms with Gasteiger partial charge in [-0.05, 0) is 34.3 Å². The first-order chi connectivity index (χ1) is 9.91. The summed E-state index contributed by atoms with van der Waals surface area (Å²) in [6.07, 6.45) is 2.55. The van der Waals surface area contributed by atoms with E-state index in [9.17, 15) is 13.2 Å². The lowest BCUT2D eigenvalue weighted by Gasteiger charge is -2.06. The van der Waals surface area contributed by atoms with Gasteiger partial charge in [0.2, 0.25) is 5.16 Å². The summed E-state index contributed by atoms with van der Waals surface area (Å²) >= 11 is 0.956. The van der Waals surface area contributed by atoms with Crippen molar-refractivity contribution < 1.29 is 17.9 Å². The third-order valence-electron chi connectivity index (χ3n) is 2.33. The van der Waals surface area contributed by atoms with Gasteiger partial charge in [0, 0.05) is 12.5 Å². The van der Waals surface area contributed by atoms with Crippen LogP contribution in [0.3, 0.4) is 0 Å². The Morgan fingerprint density at radius 2 is 2.24 bits per heavy atom. The van der Waals surface area contributed by atoms with Gasteiger partial charge in [-0.15, -0.1) is 5.10 Å². The van der Waals surface area contributed by atoms with Crippen molar-refractivity contribution in [3.63, 3.8) is 0 Å². The Morgan fingerprint density at radius 3 is 2.90 bits per heavy atom. The summed E-state index contributed by atoms with van der Waals surface area (Å²) in [5.41, 5.74) is 0. The molecule has 0 spiro atoms. The predicted molar refractivity (Wildman–Crippen MR) is 71.3 cm³/mol. The minimum absolute atomic E-state index is 0.0719. The van der Waals surface area contributed by atoms with Crippen LogP contribution in [0.2, 0.25) is 0 Å². The highest BCUT2D eigenvalue weighted by molar-refractivity contribution is 8.00. The molecule has 0 atom stereocenters. The molecule has 2 heterocycles. The van der Waals surface area contributed by atoms with Crippen molar-refractivity contribution in [1.82, 2.24) is 25.2 Å². The third-order valence-corrected chi connectivity index (χ3v) is 4.58. The van der Waals surface area contributed by atoms with Crippen LogP contribution in [0.15, 0.2) is 33.4 Å². The second kappa shape index (κ2) is 6.18. The van der Waals surface area contributed by atoms with Crippen molar-refractivity contribution in [2.24, 2.45) is 0 Å². The van der Waals surface area contributed by atoms with E-state index in [4.69, 9.17) is 0 Å². The summed E-state index contributed by atoms with van der Waals surface area (Å²) in [4.78, 5) is 15.3. The molecule has 11 heteroatoms. The molecular weight excluding hydrogens is 318 g/mol. The van der Waals surface area contributed by atoms with Crippen LogP contribution in [-0.4, -0.2) is 52.9 Å². The van der Waals surface area contributed by atoms with E-state index in [1.807, 2.05) is 0 Å². The summed E-state index contributed by atoms with van der Waals surface area (Å²) in [6, 6.07) is 2.97. The SMILES string of the molecule is COC(=O)Cn1nnnc1Sc1ncccc1S(C)(=O)=O. The number of sulfone groups is 1. The lowest BCUT2D eigenvalue weighted by Crippen LogP contribution is -2.14. The van der Waals surface area contributed by atoms with Crippen LogP contribution >= 0.6 is 11.8 Å². The van der Waals surface area contributed by atoms with Crippen molar-refractivity contribution in [3.05, 3.63) is 18.3 Å². The number of hydrogen-bond donors (Lipinski definition) is 0. The van der Waals surface area contributed by atoms with Crippen molar-refractivity contribution in [2.75, 3.05) is 13.4 Å². The van der Waals surface area contributed by atoms with Gasteiger partial charge < -0.3 is 4.74 Å². The molecule has 0 aromatic carbocycles. The Balaban J connectivity index is 2.32. The molecule has 0 fully saturated rings. The standard InChI is InChI=1S/C10H11N5O4S2/c1-19-8(16)6-15-10(12-13-14-15)20-9-7(21(2,17)18)4-3-5-11-9/h3-5H,6H2,1-2H3. The van der Waals surface area contributed by atoms with Crippen LogP contribution in [0.25, 0.3) is 0 Å². The van der Waals surface area contributed by atoms with Gasteiger partial charge in [-0.3, -0.25) is 4.79 Å². The van der Waals surface area contributed by atoms with E-state index in [0.29, 0.717) is 0 Å². The van der Waals surface area contributed by atoms with Crippen LogP contribution in [0.4, 0.5) is 0 Å². The maximum atomic E-state index is 11.7. The average Bonchev–Trinajstić information content (AvgIpc) is 2.85. The van der Waals surface area contributed by atoms with Crippen LogP contribution in [0.5, 0.6) is 0 Å². The van der Waals surface area contributed by atoms with E-state index in [2.05, 4.69) is 25.2 Å². The molecule has 0 N–H and O–H groups in total. The average molecular weight is 329 g/mol. The number of rotatable bonds is 5. The molecule has 2 aromatic rings. The molecule has 0 unspecified atom stereocenters. The number of carbonyl (C=O) groups is 1. The maximum absolute atomic E-state index is 11.7. The first-order valence-electron chi connectivity index (χ1n) is 5.57. The molecule has 0 amide bonds. The van der Waals surface area contributed by atoms with E-state index in [1.54, 1.807) is 0 Å². The van der Waals surface area contributed by atoms with Crippen molar-refractivity contribution >= 4 is 27.6 Å². The summed E-state index contributed by atoms with van der Waals surface area (Å²) in [5.74, 6) is -0.520. The number of pyridine rings is 1. The molecule has 0 aliphatic heterocycles. The molecule has 0 saturated carbocycles. The number of ether oxygens (including phenoxy) is 1. The molecule has 112 valence electrons. The fourth-order valence-corrected chi connectivity index (χ4v) is 3.39. The Morgan fingerprint density at radius 1 is 1.48 bits per heavy atom. The number of hydrogen-bond acceptors (Lipinski definition) is 9. The highest BCUT2D eigenvalue weighted by Gasteiger charge is 2.19. The molecule has 0 aliphatic rings. The maximum Gasteiger partial charge on any atom is 0.327 e. The highest BCUT2D eigenvalue weighted by atomic mass is 32.2. The van der Waals surface area contributed by atoms with Crippen LogP contribution in [-0.2, 0) is 25.9 Å². The van der Waals surface area contributed by atoms with Crippen molar-refractivity contribution in [3.8, 4) is 0 Å². The number of tetrazole rings is 1. The monoisotopic (exact) mass is 329 g/mol. The molecule has 2 rings (SSSR count). The predicted octanol–water partition coefficient (Wildman–Crippen LogP) is -0.204. The van der Waals surface area contributed by atoms with Gasteiger partial charge in [0.05, 0.1) is 12.0 Å². The topological polar surface area (TPSA) is 117 Å². The largest absolute Gasteiger partial charge is 0.468 e. The molecule has 9 nitrogen and oxygen atoms in total. The van der Waals surface area contributed by atoms with E-state index in [0.717, 1.165) is 18.0 Å². The smallest absolute Gasteiger partial charge is 0.327 e. The highest BCUT2D eigenvalue weighted by Crippen LogP contribution is 2.29. The zero-order valence-electron chi connectivity index (χ0n) is 11.1. The summed E-state index contributed by atoms with van der Waals surface area (Å²) < 4.78 is 29.1. The summed E-state index contributed by atoms with van der Waals surface area (Å²) in [6.45, 7) is -0.174. The van der Waals surface area contributed by atoms with Gasteiger partial charge in [0.25, 0.3) is 0 Å². The van der Waals surface area contributed by atoms with E-state index < -0.39 is 15.8 Å². The summed E-state index contributed by atoms with van der Waals surface area (Å²) in [5, 5.41) is 11.3. The molecule has 2 aromatic heterocycles. The minimum Gasteiger partial charge on any atom is -0.468 e. The fourth-order valence-electron chi connectivity index (χ4n) is 1.38. The number of carbonyl (C=O) groups excluding carboxylic acids is 1. The normalized spacial score (nSPS) is 11.3. The number of methoxy groups -OCH3 is 1. The van der Waals surface area contributed by atoms with E-state index >= 15 is 0 Å². The Labute approximate surface area is 124 Å². The third kappa shape index (κ3) is 3.76. The van der Waals surface area contributed by atoms with Crippen LogP contribution < -0.4 is 0 Å². The molecule has 0 radical (unpaired) electrons. The Hall–Kier alpha value is -2.01. The molecule has 0 aliphatic carbocycles. The van der Waals surface area contributed by atoms with Gasteiger partial charge in [0.15, 0.2) is 9.84 Å². The van der Waals surface area contributed by atoms with Crippen LogP contribution in [0.1, 0.15) is 0 Å². The molecule has 0 bridgehead atoms. The van der Waals surface area contributed by atoms with Crippen molar-refractivity contribution in [2.45, 2.75) is 21.6 Å². The number of nitrogens with zero attached hydrogens (tertiary/aromatic N) is 5. The zero-order valence-corrected chi connectivity index (χ0v) is 12.8. The van der Waals surface area contributed by atoms with E-state index in [-0.39, 0.29) is 21.6 Å². The number of aromatic nitrogens is 5. The molecule has 0 saturated heterocycles. The van der Waals surface area contributed by atoms with Gasteiger partial charge in [-0.2, -0.15) is 0 Å². The van der Waals surface area contributed by atoms with Crippen LogP contribution in [0, 0.1) is 0 Å². The lowest BCUT2D eigenvalue weighted by molar-refractivity contribution is -0.141. The van der Waals surface area contributed by atoms with Gasteiger partial charge >= 0.3 is 5.97 Å². The van der Waals surface area contributed by atoms with Gasteiger partial charge in [0.1, 0.15) is 11.6 Å². The molecular formula is C10H11N5O4S2. The first-order valence-corrected chi connectivity index (χ1v) is 8.28. The minimum atomic E-state index is -3.43. The lowest BCUT2D eigenvalue weighted by atomic mass is 10.5. The molecule has 21 heavy (non-hydrogen) atoms. The van der Waals surface area contributed by atoms with Gasteiger partial charge in [-0.1, -0.05) is 0 Å². The quantitative estimate of drug-likeness (QED) is 0.687. The second-order valence-electron chi connectivity index (χ2n) is 3.88. The second-order valence-corrected chi connectivity index (χ2v) is 6.82. The summed E-state index contributed by atoms with van der Waals surface area (Å²) in [7, 11) is -2.18. The fraction of sp³-hybridized carbons (Fsp3) is 0.300. The van der Waals surface area contributed by atoms with Gasteiger partial charge in [-0.25, -0.2) is 18.1 Å². The Kier molecular flexibility index (Phi) is 4.53. The first kappa shape index (κ1) is 15.4. The number of esters is 1.